The van der Waals surface area contributed by atoms with Gasteiger partial charge in [-0.2, -0.15) is 0 Å². The highest BCUT2D eigenvalue weighted by Crippen LogP contribution is 2.33. The summed E-state index contributed by atoms with van der Waals surface area (Å²) < 4.78 is 16.0. The summed E-state index contributed by atoms with van der Waals surface area (Å²) in [6, 6.07) is 9.24. The number of carboxylic acid groups (broad SMARTS) is 1. The summed E-state index contributed by atoms with van der Waals surface area (Å²) in [5.74, 6) is -1.01. The van der Waals surface area contributed by atoms with E-state index in [1.165, 1.54) is 0 Å². The van der Waals surface area contributed by atoms with E-state index in [9.17, 15) is 4.79 Å². The second-order valence-electron chi connectivity index (χ2n) is 4.07. The molecule has 1 heterocycles. The van der Waals surface area contributed by atoms with Crippen molar-refractivity contribution in [2.24, 2.45) is 0 Å². The molecule has 0 radical (unpaired) electrons. The molecule has 0 unspecified atom stereocenters. The highest BCUT2D eigenvalue weighted by atomic mass is 16.7. The summed E-state index contributed by atoms with van der Waals surface area (Å²) >= 11 is 0. The molecule has 0 aromatic heterocycles. The first-order valence-electron chi connectivity index (χ1n) is 5.80. The predicted molar refractivity (Wildman–Crippen MR) is 63.1 cm³/mol. The molecule has 1 aromatic carbocycles. The van der Waals surface area contributed by atoms with Crippen molar-refractivity contribution in [3.05, 3.63) is 35.9 Å². The Morgan fingerprint density at radius 1 is 1.33 bits per heavy atom. The Morgan fingerprint density at radius 2 is 2.06 bits per heavy atom. The summed E-state index contributed by atoms with van der Waals surface area (Å²) in [7, 11) is 1.58. The number of methoxy groups -OCH3 is 1. The lowest BCUT2D eigenvalue weighted by molar-refractivity contribution is -0.151. The van der Waals surface area contributed by atoms with Gasteiger partial charge < -0.3 is 19.3 Å². The van der Waals surface area contributed by atoms with Gasteiger partial charge in [-0.05, 0) is 5.56 Å². The fourth-order valence-electron chi connectivity index (χ4n) is 1.94. The van der Waals surface area contributed by atoms with Gasteiger partial charge in [-0.15, -0.1) is 0 Å². The Bertz CT molecular complexity index is 392. The van der Waals surface area contributed by atoms with Crippen LogP contribution in [0.2, 0.25) is 0 Å². The number of hydrogen-bond donors (Lipinski definition) is 1. The third kappa shape index (κ3) is 2.87. The molecular weight excluding hydrogens is 236 g/mol. The van der Waals surface area contributed by atoms with E-state index in [1.807, 2.05) is 30.3 Å². The highest BCUT2D eigenvalue weighted by molar-refractivity contribution is 5.73. The van der Waals surface area contributed by atoms with Crippen LogP contribution in [0.3, 0.4) is 0 Å². The molecule has 1 N–H and O–H groups in total. The van der Waals surface area contributed by atoms with Crippen molar-refractivity contribution in [1.29, 1.82) is 0 Å². The average Bonchev–Trinajstić information content (AvgIpc) is 2.82. The largest absolute Gasteiger partial charge is 0.479 e. The molecule has 3 atom stereocenters. The van der Waals surface area contributed by atoms with Crippen LogP contribution in [-0.2, 0) is 19.0 Å². The number of rotatable bonds is 5. The van der Waals surface area contributed by atoms with Crippen LogP contribution < -0.4 is 0 Å². The molecule has 0 spiro atoms. The smallest absolute Gasteiger partial charge is 0.336 e. The van der Waals surface area contributed by atoms with E-state index >= 15 is 0 Å². The number of hydrogen-bond acceptors (Lipinski definition) is 4. The van der Waals surface area contributed by atoms with E-state index in [2.05, 4.69) is 0 Å². The van der Waals surface area contributed by atoms with Crippen molar-refractivity contribution in [2.75, 3.05) is 13.7 Å². The zero-order valence-corrected chi connectivity index (χ0v) is 10.1. The molecule has 0 aliphatic carbocycles. The minimum atomic E-state index is -1.01. The first-order valence-corrected chi connectivity index (χ1v) is 5.80. The van der Waals surface area contributed by atoms with Crippen LogP contribution in [0.5, 0.6) is 0 Å². The van der Waals surface area contributed by atoms with Gasteiger partial charge in [0.2, 0.25) is 0 Å². The Labute approximate surface area is 105 Å². The van der Waals surface area contributed by atoms with Gasteiger partial charge in [0.1, 0.15) is 6.10 Å². The van der Waals surface area contributed by atoms with Gasteiger partial charge in [-0.3, -0.25) is 0 Å². The van der Waals surface area contributed by atoms with E-state index in [0.29, 0.717) is 13.0 Å². The zero-order chi connectivity index (χ0) is 13.0. The second-order valence-corrected chi connectivity index (χ2v) is 4.07. The quantitative estimate of drug-likeness (QED) is 0.862. The fraction of sp³-hybridized carbons (Fsp3) is 0.462. The molecule has 98 valence electrons. The van der Waals surface area contributed by atoms with E-state index in [0.717, 1.165) is 5.56 Å². The lowest BCUT2D eigenvalue weighted by atomic mass is 10.1. The van der Waals surface area contributed by atoms with Gasteiger partial charge in [0.25, 0.3) is 0 Å². The van der Waals surface area contributed by atoms with Gasteiger partial charge in [0, 0.05) is 13.5 Å². The molecule has 0 amide bonds. The molecule has 0 bridgehead atoms. The van der Waals surface area contributed by atoms with Crippen molar-refractivity contribution >= 4 is 5.97 Å². The second kappa shape index (κ2) is 5.95. The summed E-state index contributed by atoms with van der Waals surface area (Å²) in [6.07, 6.45) is -1.54. The molecule has 18 heavy (non-hydrogen) atoms. The van der Waals surface area contributed by atoms with Crippen LogP contribution in [0.25, 0.3) is 0 Å². The molecule has 1 aromatic rings. The minimum Gasteiger partial charge on any atom is -0.479 e. The number of aliphatic carboxylic acids is 1. The third-order valence-electron chi connectivity index (χ3n) is 2.80. The Morgan fingerprint density at radius 3 is 2.67 bits per heavy atom. The zero-order valence-electron chi connectivity index (χ0n) is 10.1. The van der Waals surface area contributed by atoms with Gasteiger partial charge in [0.15, 0.2) is 12.4 Å². The Balaban J connectivity index is 2.10. The molecule has 0 saturated carbocycles. The monoisotopic (exact) mass is 252 g/mol. The standard InChI is InChI=1S/C13H16O5/c1-16-8-7-10-17-11(12(18-10)13(14)15)9-5-3-2-4-6-9/h2-6,10-12H,7-8H2,1H3,(H,14,15)/t10-,11-,12+/m0/s1. The number of carboxylic acids is 1. The minimum absolute atomic E-state index is 0.471. The van der Waals surface area contributed by atoms with Gasteiger partial charge in [-0.1, -0.05) is 30.3 Å². The summed E-state index contributed by atoms with van der Waals surface area (Å²) in [5.41, 5.74) is 0.810. The Hall–Kier alpha value is -1.43. The topological polar surface area (TPSA) is 65.0 Å². The van der Waals surface area contributed by atoms with Gasteiger partial charge in [0.05, 0.1) is 6.61 Å². The van der Waals surface area contributed by atoms with Crippen LogP contribution >= 0.6 is 0 Å². The maximum atomic E-state index is 11.2. The summed E-state index contributed by atoms with van der Waals surface area (Å²) in [6.45, 7) is 0.471. The maximum absolute atomic E-state index is 11.2. The molecule has 1 aliphatic rings. The SMILES string of the molecule is COCC[C@@H]1O[C@@H](C(=O)O)[C@H](c2ccccc2)O1. The normalized spacial score (nSPS) is 27.3. The first kappa shape index (κ1) is 13.0. The number of carbonyl (C=O) groups is 1. The van der Waals surface area contributed by atoms with Crippen LogP contribution in [0, 0.1) is 0 Å². The molecule has 1 aliphatic heterocycles. The van der Waals surface area contributed by atoms with Crippen molar-refractivity contribution in [3.63, 3.8) is 0 Å². The lowest BCUT2D eigenvalue weighted by Gasteiger charge is -2.13. The van der Waals surface area contributed by atoms with Crippen molar-refractivity contribution in [1.82, 2.24) is 0 Å². The van der Waals surface area contributed by atoms with Crippen LogP contribution in [-0.4, -0.2) is 37.2 Å². The van der Waals surface area contributed by atoms with Gasteiger partial charge in [-0.25, -0.2) is 4.79 Å². The summed E-state index contributed by atoms with van der Waals surface area (Å²) in [5, 5.41) is 9.15. The van der Waals surface area contributed by atoms with Crippen LogP contribution in [0.1, 0.15) is 18.1 Å². The maximum Gasteiger partial charge on any atom is 0.336 e. The lowest BCUT2D eigenvalue weighted by Crippen LogP contribution is -2.25. The molecule has 1 fully saturated rings. The van der Waals surface area contributed by atoms with Crippen LogP contribution in [0.4, 0.5) is 0 Å². The Kier molecular flexibility index (Phi) is 4.30. The van der Waals surface area contributed by atoms with Crippen molar-refractivity contribution in [2.45, 2.75) is 24.9 Å². The number of ether oxygens (including phenoxy) is 3. The summed E-state index contributed by atoms with van der Waals surface area (Å²) in [4.78, 5) is 11.2. The van der Waals surface area contributed by atoms with Crippen molar-refractivity contribution < 1.29 is 24.1 Å². The van der Waals surface area contributed by atoms with Crippen molar-refractivity contribution in [3.8, 4) is 0 Å². The first-order chi connectivity index (χ1) is 8.72. The van der Waals surface area contributed by atoms with E-state index in [-0.39, 0.29) is 0 Å². The predicted octanol–water partition coefficient (Wildman–Crippen LogP) is 1.59. The van der Waals surface area contributed by atoms with E-state index in [1.54, 1.807) is 7.11 Å². The molecule has 1 saturated heterocycles. The number of benzene rings is 1. The molecular formula is C13H16O5. The average molecular weight is 252 g/mol. The molecule has 5 heteroatoms. The van der Waals surface area contributed by atoms with E-state index in [4.69, 9.17) is 19.3 Å². The highest BCUT2D eigenvalue weighted by Gasteiger charge is 2.41. The molecule has 2 rings (SSSR count). The fourth-order valence-corrected chi connectivity index (χ4v) is 1.94. The van der Waals surface area contributed by atoms with Gasteiger partial charge >= 0.3 is 5.97 Å². The van der Waals surface area contributed by atoms with E-state index < -0.39 is 24.5 Å². The van der Waals surface area contributed by atoms with Crippen LogP contribution in [0.15, 0.2) is 30.3 Å². The molecule has 5 nitrogen and oxygen atoms in total. The third-order valence-corrected chi connectivity index (χ3v) is 2.80.